The van der Waals surface area contributed by atoms with Gasteiger partial charge in [0.2, 0.25) is 0 Å². The normalized spacial score (nSPS) is 9.50. The van der Waals surface area contributed by atoms with Crippen molar-refractivity contribution < 1.29 is 4.79 Å². The van der Waals surface area contributed by atoms with E-state index < -0.39 is 0 Å². The molecule has 18 heavy (non-hydrogen) atoms. The average molecular weight is 237 g/mol. The van der Waals surface area contributed by atoms with Gasteiger partial charge in [-0.3, -0.25) is 4.79 Å². The molecule has 2 aromatic rings. The van der Waals surface area contributed by atoms with Crippen molar-refractivity contribution in [3.63, 3.8) is 0 Å². The molecule has 0 atom stereocenters. The minimum absolute atomic E-state index is 0.253. The van der Waals surface area contributed by atoms with Crippen molar-refractivity contribution >= 4 is 17.3 Å². The molecule has 0 spiro atoms. The van der Waals surface area contributed by atoms with Crippen molar-refractivity contribution in [2.24, 2.45) is 0 Å². The van der Waals surface area contributed by atoms with Gasteiger partial charge in [0.25, 0.3) is 5.91 Å². The number of rotatable bonds is 2. The second-order valence-electron chi connectivity index (χ2n) is 3.77. The summed E-state index contributed by atoms with van der Waals surface area (Å²) < 4.78 is 0. The number of carbonyl (C=O) groups excluding carboxylic acids is 1. The third-order valence-electron chi connectivity index (χ3n) is 2.42. The van der Waals surface area contributed by atoms with E-state index in [9.17, 15) is 4.79 Å². The van der Waals surface area contributed by atoms with Crippen LogP contribution in [0.4, 0.5) is 11.4 Å². The summed E-state index contributed by atoms with van der Waals surface area (Å²) in [5.41, 5.74) is 7.77. The Bertz CT molecular complexity index is 612. The molecule has 88 valence electrons. The van der Waals surface area contributed by atoms with Crippen molar-refractivity contribution in [2.75, 3.05) is 11.1 Å². The summed E-state index contributed by atoms with van der Waals surface area (Å²) in [4.78, 5) is 11.9. The first-order chi connectivity index (χ1) is 8.69. The number of nitrogens with two attached hydrogens (primary N) is 1. The number of benzene rings is 2. The Kier molecular flexibility index (Phi) is 3.26. The van der Waals surface area contributed by atoms with Gasteiger partial charge in [0, 0.05) is 16.9 Å². The first-order valence-corrected chi connectivity index (χ1v) is 5.36. The molecule has 0 aromatic heterocycles. The van der Waals surface area contributed by atoms with Gasteiger partial charge in [-0.1, -0.05) is 6.07 Å². The predicted octanol–water partition coefficient (Wildman–Crippen LogP) is 2.39. The van der Waals surface area contributed by atoms with Crippen molar-refractivity contribution in [1.29, 1.82) is 5.26 Å². The lowest BCUT2D eigenvalue weighted by molar-refractivity contribution is 0.102. The van der Waals surface area contributed by atoms with Crippen molar-refractivity contribution in [3.8, 4) is 6.07 Å². The van der Waals surface area contributed by atoms with Crippen LogP contribution in [0.15, 0.2) is 48.5 Å². The van der Waals surface area contributed by atoms with Crippen LogP contribution in [0, 0.1) is 11.3 Å². The van der Waals surface area contributed by atoms with Crippen molar-refractivity contribution in [3.05, 3.63) is 59.7 Å². The highest BCUT2D eigenvalue weighted by Crippen LogP contribution is 2.12. The summed E-state index contributed by atoms with van der Waals surface area (Å²) in [5, 5.41) is 11.5. The average Bonchev–Trinajstić information content (AvgIpc) is 2.41. The minimum Gasteiger partial charge on any atom is -0.399 e. The zero-order valence-corrected chi connectivity index (χ0v) is 9.55. The van der Waals surface area contributed by atoms with Crippen molar-refractivity contribution in [2.45, 2.75) is 0 Å². The lowest BCUT2D eigenvalue weighted by atomic mass is 10.1. The van der Waals surface area contributed by atoms with Crippen LogP contribution >= 0.6 is 0 Å². The molecule has 4 nitrogen and oxygen atoms in total. The molecule has 0 fully saturated rings. The van der Waals surface area contributed by atoms with Gasteiger partial charge >= 0.3 is 0 Å². The molecule has 3 N–H and O–H groups in total. The maximum atomic E-state index is 11.9. The molecule has 0 saturated carbocycles. The monoisotopic (exact) mass is 237 g/mol. The first-order valence-electron chi connectivity index (χ1n) is 5.36. The second-order valence-corrected chi connectivity index (χ2v) is 3.77. The fraction of sp³-hybridized carbons (Fsp3) is 0. The summed E-state index contributed by atoms with van der Waals surface area (Å²) >= 11 is 0. The van der Waals surface area contributed by atoms with Crippen LogP contribution in [-0.4, -0.2) is 5.91 Å². The van der Waals surface area contributed by atoms with Gasteiger partial charge in [-0.2, -0.15) is 5.26 Å². The maximum Gasteiger partial charge on any atom is 0.255 e. The molecule has 0 unspecified atom stereocenters. The topological polar surface area (TPSA) is 78.9 Å². The van der Waals surface area contributed by atoms with Crippen LogP contribution in [0.5, 0.6) is 0 Å². The Morgan fingerprint density at radius 3 is 2.56 bits per heavy atom. The first kappa shape index (κ1) is 11.7. The van der Waals surface area contributed by atoms with E-state index in [-0.39, 0.29) is 5.91 Å². The number of nitriles is 1. The molecule has 2 aromatic carbocycles. The highest BCUT2D eigenvalue weighted by Gasteiger charge is 2.06. The number of nitrogens with one attached hydrogen (secondary N) is 1. The van der Waals surface area contributed by atoms with Crippen molar-refractivity contribution in [1.82, 2.24) is 0 Å². The fourth-order valence-corrected chi connectivity index (χ4v) is 1.50. The molecule has 0 aliphatic rings. The van der Waals surface area contributed by atoms with Gasteiger partial charge in [0.1, 0.15) is 0 Å². The van der Waals surface area contributed by atoms with Crippen LogP contribution in [-0.2, 0) is 0 Å². The Labute approximate surface area is 105 Å². The molecule has 0 aliphatic heterocycles. The van der Waals surface area contributed by atoms with Gasteiger partial charge in [-0.05, 0) is 42.5 Å². The molecule has 0 bridgehead atoms. The second kappa shape index (κ2) is 5.02. The van der Waals surface area contributed by atoms with Gasteiger partial charge < -0.3 is 11.1 Å². The largest absolute Gasteiger partial charge is 0.399 e. The number of hydrogen-bond donors (Lipinski definition) is 2. The van der Waals surface area contributed by atoms with Crippen LogP contribution in [0.1, 0.15) is 15.9 Å². The lowest BCUT2D eigenvalue weighted by Gasteiger charge is -2.05. The number of amides is 1. The molecular weight excluding hydrogens is 226 g/mol. The number of carbonyl (C=O) groups is 1. The van der Waals surface area contributed by atoms with Gasteiger partial charge in [-0.15, -0.1) is 0 Å². The van der Waals surface area contributed by atoms with Crippen LogP contribution in [0.3, 0.4) is 0 Å². The Hall–Kier alpha value is -2.80. The smallest absolute Gasteiger partial charge is 0.255 e. The van der Waals surface area contributed by atoms with E-state index in [1.54, 1.807) is 48.5 Å². The third kappa shape index (κ3) is 2.66. The number of nitrogen functional groups attached to an aromatic ring is 1. The minimum atomic E-state index is -0.253. The number of hydrogen-bond acceptors (Lipinski definition) is 3. The number of anilines is 2. The Balaban J connectivity index is 2.17. The standard InChI is InChI=1S/C14H11N3O/c15-9-10-2-1-3-11(8-10)14(18)17-13-6-4-12(16)5-7-13/h1-8H,16H2,(H,17,18). The summed E-state index contributed by atoms with van der Waals surface area (Å²) in [7, 11) is 0. The molecule has 4 heteroatoms. The van der Waals surface area contributed by atoms with E-state index in [2.05, 4.69) is 5.32 Å². The van der Waals surface area contributed by atoms with Gasteiger partial charge in [0.15, 0.2) is 0 Å². The summed E-state index contributed by atoms with van der Waals surface area (Å²) in [6, 6.07) is 15.4. The quantitative estimate of drug-likeness (QED) is 0.787. The zero-order valence-electron chi connectivity index (χ0n) is 9.55. The molecule has 0 heterocycles. The van der Waals surface area contributed by atoms with Crippen LogP contribution < -0.4 is 11.1 Å². The predicted molar refractivity (Wildman–Crippen MR) is 70.0 cm³/mol. The lowest BCUT2D eigenvalue weighted by Crippen LogP contribution is -2.11. The van der Waals surface area contributed by atoms with Gasteiger partial charge in [0.05, 0.1) is 11.6 Å². The molecule has 0 aliphatic carbocycles. The highest BCUT2D eigenvalue weighted by molar-refractivity contribution is 6.04. The Morgan fingerprint density at radius 2 is 1.89 bits per heavy atom. The maximum absolute atomic E-state index is 11.9. The van der Waals surface area contributed by atoms with E-state index in [4.69, 9.17) is 11.0 Å². The summed E-state index contributed by atoms with van der Waals surface area (Å²) in [6.45, 7) is 0. The highest BCUT2D eigenvalue weighted by atomic mass is 16.1. The summed E-state index contributed by atoms with van der Waals surface area (Å²) in [5.74, 6) is -0.253. The SMILES string of the molecule is N#Cc1cccc(C(=O)Nc2ccc(N)cc2)c1. The molecule has 0 radical (unpaired) electrons. The summed E-state index contributed by atoms with van der Waals surface area (Å²) in [6.07, 6.45) is 0. The van der Waals surface area contributed by atoms with E-state index in [0.717, 1.165) is 0 Å². The molecular formula is C14H11N3O. The van der Waals surface area contributed by atoms with E-state index >= 15 is 0 Å². The van der Waals surface area contributed by atoms with Gasteiger partial charge in [-0.25, -0.2) is 0 Å². The van der Waals surface area contributed by atoms with E-state index in [1.807, 2.05) is 6.07 Å². The zero-order chi connectivity index (χ0) is 13.0. The third-order valence-corrected chi connectivity index (χ3v) is 2.42. The van der Waals surface area contributed by atoms with Crippen LogP contribution in [0.25, 0.3) is 0 Å². The molecule has 0 saturated heterocycles. The molecule has 2 rings (SSSR count). The number of nitrogens with zero attached hydrogens (tertiary/aromatic N) is 1. The Morgan fingerprint density at radius 1 is 1.17 bits per heavy atom. The van der Waals surface area contributed by atoms with Crippen LogP contribution in [0.2, 0.25) is 0 Å². The fourth-order valence-electron chi connectivity index (χ4n) is 1.50. The van der Waals surface area contributed by atoms with E-state index in [1.165, 1.54) is 0 Å². The van der Waals surface area contributed by atoms with E-state index in [0.29, 0.717) is 22.5 Å². The molecule has 1 amide bonds.